The Kier molecular flexibility index (Phi) is 3.95. The zero-order chi connectivity index (χ0) is 13.0. The number of benzene rings is 2. The van der Waals surface area contributed by atoms with E-state index in [-0.39, 0.29) is 0 Å². The molecule has 0 amide bonds. The number of ether oxygens (including phenoxy) is 1. The summed E-state index contributed by atoms with van der Waals surface area (Å²) < 4.78 is 5.71. The molecule has 0 radical (unpaired) electrons. The number of hydrogen-bond donors (Lipinski definition) is 1. The molecule has 0 aliphatic carbocycles. The van der Waals surface area contributed by atoms with Crippen LogP contribution in [0.1, 0.15) is 16.7 Å². The highest BCUT2D eigenvalue weighted by Crippen LogP contribution is 2.14. The average molecular weight is 257 g/mol. The van der Waals surface area contributed by atoms with Crippen LogP contribution in [0.2, 0.25) is 0 Å². The topological polar surface area (TPSA) is 35.2 Å². The molecule has 0 fully saturated rings. The Morgan fingerprint density at radius 1 is 1.17 bits per heavy atom. The van der Waals surface area contributed by atoms with Gasteiger partial charge in [0.1, 0.15) is 17.3 Å². The number of nitrogens with two attached hydrogens (primary N) is 1. The smallest absolute Gasteiger partial charge is 0.120 e. The Balaban J connectivity index is 2.00. The largest absolute Gasteiger partial charge is 0.489 e. The average Bonchev–Trinajstić information content (AvgIpc) is 2.37. The van der Waals surface area contributed by atoms with E-state index in [1.54, 1.807) is 0 Å². The van der Waals surface area contributed by atoms with Crippen molar-refractivity contribution in [2.75, 3.05) is 0 Å². The lowest BCUT2D eigenvalue weighted by atomic mass is 10.1. The molecule has 2 aromatic carbocycles. The minimum Gasteiger partial charge on any atom is -0.489 e. The molecule has 0 bridgehead atoms. The molecule has 18 heavy (non-hydrogen) atoms. The molecule has 0 saturated carbocycles. The molecule has 2 rings (SSSR count). The maximum Gasteiger partial charge on any atom is 0.120 e. The van der Waals surface area contributed by atoms with Crippen molar-refractivity contribution in [3.8, 4) is 5.75 Å². The van der Waals surface area contributed by atoms with Crippen molar-refractivity contribution in [1.82, 2.24) is 0 Å². The van der Waals surface area contributed by atoms with Gasteiger partial charge in [-0.05, 0) is 30.2 Å². The molecule has 0 heterocycles. The Morgan fingerprint density at radius 2 is 1.89 bits per heavy atom. The first-order chi connectivity index (χ1) is 8.65. The van der Waals surface area contributed by atoms with Gasteiger partial charge in [-0.15, -0.1) is 0 Å². The highest BCUT2D eigenvalue weighted by atomic mass is 32.1. The summed E-state index contributed by atoms with van der Waals surface area (Å²) in [5.74, 6) is 0.883. The highest BCUT2D eigenvalue weighted by molar-refractivity contribution is 7.80. The van der Waals surface area contributed by atoms with Gasteiger partial charge in [0, 0.05) is 5.56 Å². The van der Waals surface area contributed by atoms with Gasteiger partial charge < -0.3 is 10.5 Å². The summed E-state index contributed by atoms with van der Waals surface area (Å²) in [5, 5.41) is 0. The number of rotatable bonds is 4. The predicted molar refractivity (Wildman–Crippen MR) is 77.8 cm³/mol. The first-order valence-corrected chi connectivity index (χ1v) is 6.14. The van der Waals surface area contributed by atoms with E-state index in [0.29, 0.717) is 11.6 Å². The van der Waals surface area contributed by atoms with Crippen LogP contribution in [0.25, 0.3) is 0 Å². The Bertz CT molecular complexity index is 549. The van der Waals surface area contributed by atoms with Crippen molar-refractivity contribution in [3.05, 3.63) is 65.2 Å². The fraction of sp³-hybridized carbons (Fsp3) is 0.133. The number of hydrogen-bond acceptors (Lipinski definition) is 2. The van der Waals surface area contributed by atoms with E-state index >= 15 is 0 Å². The molecule has 0 atom stereocenters. The van der Waals surface area contributed by atoms with Gasteiger partial charge in [-0.25, -0.2) is 0 Å². The molecule has 0 saturated heterocycles. The third-order valence-corrected chi connectivity index (χ3v) is 2.87. The van der Waals surface area contributed by atoms with E-state index in [1.165, 1.54) is 5.56 Å². The summed E-state index contributed by atoms with van der Waals surface area (Å²) >= 11 is 4.91. The minimum atomic E-state index is 0.418. The van der Waals surface area contributed by atoms with Gasteiger partial charge in [-0.1, -0.05) is 48.6 Å². The van der Waals surface area contributed by atoms with Crippen LogP contribution in [0.4, 0.5) is 0 Å². The van der Waals surface area contributed by atoms with Crippen LogP contribution >= 0.6 is 12.2 Å². The van der Waals surface area contributed by atoms with E-state index < -0.39 is 0 Å². The number of aryl methyl sites for hydroxylation is 1. The molecule has 92 valence electrons. The van der Waals surface area contributed by atoms with Crippen LogP contribution in [-0.4, -0.2) is 4.99 Å². The van der Waals surface area contributed by atoms with Gasteiger partial charge in [0.2, 0.25) is 0 Å². The highest BCUT2D eigenvalue weighted by Gasteiger charge is 1.98. The summed E-state index contributed by atoms with van der Waals surface area (Å²) in [6, 6.07) is 15.8. The molecule has 0 aliphatic heterocycles. The standard InChI is InChI=1S/C15H15NOS/c1-11-3-2-4-14(9-11)17-10-12-5-7-13(8-6-12)15(16)18/h2-9H,10H2,1H3,(H2,16,18). The van der Waals surface area contributed by atoms with E-state index in [0.717, 1.165) is 16.9 Å². The second kappa shape index (κ2) is 5.65. The van der Waals surface area contributed by atoms with Gasteiger partial charge in [-0.2, -0.15) is 0 Å². The maximum atomic E-state index is 5.71. The first kappa shape index (κ1) is 12.6. The van der Waals surface area contributed by atoms with Crippen molar-refractivity contribution in [3.63, 3.8) is 0 Å². The SMILES string of the molecule is Cc1cccc(OCc2ccc(C(N)=S)cc2)c1. The van der Waals surface area contributed by atoms with E-state index in [2.05, 4.69) is 0 Å². The quantitative estimate of drug-likeness (QED) is 0.854. The molecule has 2 N–H and O–H groups in total. The third kappa shape index (κ3) is 3.31. The molecule has 3 heteroatoms. The number of thiocarbonyl (C=S) groups is 1. The predicted octanol–water partition coefficient (Wildman–Crippen LogP) is 3.21. The van der Waals surface area contributed by atoms with Gasteiger partial charge in [-0.3, -0.25) is 0 Å². The van der Waals surface area contributed by atoms with Crippen molar-refractivity contribution in [2.45, 2.75) is 13.5 Å². The van der Waals surface area contributed by atoms with Gasteiger partial charge >= 0.3 is 0 Å². The Hall–Kier alpha value is -1.87. The lowest BCUT2D eigenvalue weighted by Gasteiger charge is -2.07. The normalized spacial score (nSPS) is 10.1. The van der Waals surface area contributed by atoms with Gasteiger partial charge in [0.05, 0.1) is 0 Å². The maximum absolute atomic E-state index is 5.71. The fourth-order valence-corrected chi connectivity index (χ4v) is 1.77. The van der Waals surface area contributed by atoms with Crippen molar-refractivity contribution >= 4 is 17.2 Å². The summed E-state index contributed by atoms with van der Waals surface area (Å²) in [6.45, 7) is 2.59. The summed E-state index contributed by atoms with van der Waals surface area (Å²) in [5.41, 5.74) is 8.71. The zero-order valence-electron chi connectivity index (χ0n) is 10.2. The molecular formula is C15H15NOS. The van der Waals surface area contributed by atoms with Crippen LogP contribution < -0.4 is 10.5 Å². The lowest BCUT2D eigenvalue weighted by molar-refractivity contribution is 0.306. The van der Waals surface area contributed by atoms with Crippen LogP contribution in [0.3, 0.4) is 0 Å². The molecule has 0 aliphatic rings. The van der Waals surface area contributed by atoms with E-state index in [9.17, 15) is 0 Å². The monoisotopic (exact) mass is 257 g/mol. The second-order valence-electron chi connectivity index (χ2n) is 4.17. The Labute approximate surface area is 112 Å². The van der Waals surface area contributed by atoms with Gasteiger partial charge in [0.25, 0.3) is 0 Å². The lowest BCUT2D eigenvalue weighted by Crippen LogP contribution is -2.09. The molecule has 0 spiro atoms. The minimum absolute atomic E-state index is 0.418. The first-order valence-electron chi connectivity index (χ1n) is 5.73. The van der Waals surface area contributed by atoms with Crippen LogP contribution in [0.15, 0.2) is 48.5 Å². The molecule has 2 aromatic rings. The molecule has 0 aromatic heterocycles. The van der Waals surface area contributed by atoms with Crippen molar-refractivity contribution in [2.24, 2.45) is 5.73 Å². The van der Waals surface area contributed by atoms with E-state index in [1.807, 2.05) is 55.5 Å². The van der Waals surface area contributed by atoms with Crippen molar-refractivity contribution in [1.29, 1.82) is 0 Å². The second-order valence-corrected chi connectivity index (χ2v) is 4.61. The Morgan fingerprint density at radius 3 is 2.50 bits per heavy atom. The van der Waals surface area contributed by atoms with Crippen LogP contribution in [0.5, 0.6) is 5.75 Å². The molecule has 2 nitrogen and oxygen atoms in total. The zero-order valence-corrected chi connectivity index (χ0v) is 11.0. The van der Waals surface area contributed by atoms with Crippen LogP contribution in [-0.2, 0) is 6.61 Å². The van der Waals surface area contributed by atoms with E-state index in [4.69, 9.17) is 22.7 Å². The summed E-state index contributed by atoms with van der Waals surface area (Å²) in [4.78, 5) is 0.418. The van der Waals surface area contributed by atoms with Gasteiger partial charge in [0.15, 0.2) is 0 Å². The fourth-order valence-electron chi connectivity index (χ4n) is 1.64. The molecular weight excluding hydrogens is 242 g/mol. The van der Waals surface area contributed by atoms with Crippen LogP contribution in [0, 0.1) is 6.92 Å². The van der Waals surface area contributed by atoms with Crippen molar-refractivity contribution < 1.29 is 4.74 Å². The third-order valence-electron chi connectivity index (χ3n) is 2.63. The summed E-state index contributed by atoms with van der Waals surface area (Å²) in [7, 11) is 0. The molecule has 0 unspecified atom stereocenters. The summed E-state index contributed by atoms with van der Waals surface area (Å²) in [6.07, 6.45) is 0.